The summed E-state index contributed by atoms with van der Waals surface area (Å²) in [6.45, 7) is 15.9. The molecule has 0 aliphatic carbocycles. The molecule has 118 valence electrons. The molecule has 0 aromatic heterocycles. The standard InChI is InChI=1S/C19H32N2/c1-7-16-12-20-18(14(2)3)13-21(16)17-10-8-15(9-11-17)19(4,5)6/h8-11,14,16,18,20H,7,12-13H2,1-6H3. The Bertz CT molecular complexity index is 442. The van der Waals surface area contributed by atoms with Gasteiger partial charge in [-0.15, -0.1) is 0 Å². The molecule has 2 rings (SSSR count). The summed E-state index contributed by atoms with van der Waals surface area (Å²) in [4.78, 5) is 2.60. The van der Waals surface area contributed by atoms with Crippen LogP contribution in [0.15, 0.2) is 24.3 Å². The first-order valence-electron chi connectivity index (χ1n) is 8.43. The maximum absolute atomic E-state index is 3.71. The van der Waals surface area contributed by atoms with Gasteiger partial charge in [0.25, 0.3) is 0 Å². The van der Waals surface area contributed by atoms with Crippen molar-refractivity contribution in [1.82, 2.24) is 5.32 Å². The van der Waals surface area contributed by atoms with Crippen LogP contribution in [0.5, 0.6) is 0 Å². The average molecular weight is 288 g/mol. The predicted octanol–water partition coefficient (Wildman–Crippen LogP) is 4.20. The summed E-state index contributed by atoms with van der Waals surface area (Å²) in [5.41, 5.74) is 3.02. The molecule has 2 nitrogen and oxygen atoms in total. The van der Waals surface area contributed by atoms with Crippen LogP contribution >= 0.6 is 0 Å². The third kappa shape index (κ3) is 3.79. The van der Waals surface area contributed by atoms with E-state index in [1.165, 1.54) is 17.7 Å². The summed E-state index contributed by atoms with van der Waals surface area (Å²) in [6.07, 6.45) is 1.19. The monoisotopic (exact) mass is 288 g/mol. The van der Waals surface area contributed by atoms with Gasteiger partial charge >= 0.3 is 0 Å². The number of rotatable bonds is 3. The molecule has 1 aliphatic heterocycles. The fourth-order valence-electron chi connectivity index (χ4n) is 3.10. The Hall–Kier alpha value is -1.02. The van der Waals surface area contributed by atoms with E-state index in [2.05, 4.69) is 76.0 Å². The average Bonchev–Trinajstić information content (AvgIpc) is 2.45. The van der Waals surface area contributed by atoms with Crippen LogP contribution in [0.2, 0.25) is 0 Å². The van der Waals surface area contributed by atoms with Crippen LogP contribution in [0.25, 0.3) is 0 Å². The van der Waals surface area contributed by atoms with E-state index < -0.39 is 0 Å². The maximum Gasteiger partial charge on any atom is 0.0412 e. The lowest BCUT2D eigenvalue weighted by molar-refractivity contribution is 0.325. The van der Waals surface area contributed by atoms with Crippen molar-refractivity contribution >= 4 is 5.69 Å². The largest absolute Gasteiger partial charge is 0.366 e. The highest BCUT2D eigenvalue weighted by atomic mass is 15.2. The van der Waals surface area contributed by atoms with E-state index in [4.69, 9.17) is 0 Å². The van der Waals surface area contributed by atoms with E-state index in [-0.39, 0.29) is 5.41 Å². The van der Waals surface area contributed by atoms with Crippen molar-refractivity contribution in [1.29, 1.82) is 0 Å². The molecule has 0 spiro atoms. The number of nitrogens with zero attached hydrogens (tertiary/aromatic N) is 1. The zero-order chi connectivity index (χ0) is 15.6. The number of benzene rings is 1. The Balaban J connectivity index is 2.20. The second-order valence-corrected chi connectivity index (χ2v) is 7.77. The van der Waals surface area contributed by atoms with E-state index in [0.717, 1.165) is 13.1 Å². The zero-order valence-electron chi connectivity index (χ0n) is 14.6. The minimum atomic E-state index is 0.229. The molecule has 0 amide bonds. The highest BCUT2D eigenvalue weighted by Crippen LogP contribution is 2.27. The second kappa shape index (κ2) is 6.39. The first kappa shape index (κ1) is 16.4. The molecule has 1 aromatic rings. The normalized spacial score (nSPS) is 23.7. The minimum absolute atomic E-state index is 0.229. The second-order valence-electron chi connectivity index (χ2n) is 7.77. The molecule has 2 unspecified atom stereocenters. The van der Waals surface area contributed by atoms with Gasteiger partial charge in [-0.05, 0) is 35.4 Å². The van der Waals surface area contributed by atoms with Crippen LogP contribution in [0, 0.1) is 5.92 Å². The molecule has 1 aromatic carbocycles. The molecule has 0 bridgehead atoms. The van der Waals surface area contributed by atoms with E-state index in [1.807, 2.05) is 0 Å². The number of piperazine rings is 1. The molecular formula is C19H32N2. The molecule has 1 heterocycles. The van der Waals surface area contributed by atoms with Crippen LogP contribution in [0.3, 0.4) is 0 Å². The zero-order valence-corrected chi connectivity index (χ0v) is 14.6. The van der Waals surface area contributed by atoms with E-state index in [1.54, 1.807) is 0 Å². The molecule has 21 heavy (non-hydrogen) atoms. The van der Waals surface area contributed by atoms with E-state index in [9.17, 15) is 0 Å². The first-order chi connectivity index (χ1) is 9.82. The molecule has 1 N–H and O–H groups in total. The summed E-state index contributed by atoms with van der Waals surface area (Å²) in [5, 5.41) is 3.71. The Morgan fingerprint density at radius 1 is 1.19 bits per heavy atom. The lowest BCUT2D eigenvalue weighted by atomic mass is 9.87. The van der Waals surface area contributed by atoms with Crippen molar-refractivity contribution in [3.8, 4) is 0 Å². The van der Waals surface area contributed by atoms with Crippen LogP contribution in [-0.4, -0.2) is 25.2 Å². The maximum atomic E-state index is 3.71. The van der Waals surface area contributed by atoms with Gasteiger partial charge in [0.15, 0.2) is 0 Å². The highest BCUT2D eigenvalue weighted by molar-refractivity contribution is 5.50. The molecule has 1 aliphatic rings. The van der Waals surface area contributed by atoms with Gasteiger partial charge in [0.2, 0.25) is 0 Å². The fraction of sp³-hybridized carbons (Fsp3) is 0.684. The van der Waals surface area contributed by atoms with Gasteiger partial charge in [-0.25, -0.2) is 0 Å². The van der Waals surface area contributed by atoms with Crippen molar-refractivity contribution in [2.75, 3.05) is 18.0 Å². The smallest absolute Gasteiger partial charge is 0.0412 e. The van der Waals surface area contributed by atoms with Crippen molar-refractivity contribution in [2.45, 2.75) is 65.5 Å². The number of anilines is 1. The molecule has 0 radical (unpaired) electrons. The van der Waals surface area contributed by atoms with Gasteiger partial charge in [-0.1, -0.05) is 53.7 Å². The summed E-state index contributed by atoms with van der Waals surface area (Å²) in [6, 6.07) is 10.4. The summed E-state index contributed by atoms with van der Waals surface area (Å²) in [5.74, 6) is 0.680. The Morgan fingerprint density at radius 3 is 2.29 bits per heavy atom. The van der Waals surface area contributed by atoms with Crippen molar-refractivity contribution < 1.29 is 0 Å². The Kier molecular flexibility index (Phi) is 4.98. The lowest BCUT2D eigenvalue weighted by Gasteiger charge is -2.43. The topological polar surface area (TPSA) is 15.3 Å². The fourth-order valence-corrected chi connectivity index (χ4v) is 3.10. The van der Waals surface area contributed by atoms with E-state index >= 15 is 0 Å². The third-order valence-corrected chi connectivity index (χ3v) is 4.79. The highest BCUT2D eigenvalue weighted by Gasteiger charge is 2.28. The predicted molar refractivity (Wildman–Crippen MR) is 93.2 cm³/mol. The summed E-state index contributed by atoms with van der Waals surface area (Å²) >= 11 is 0. The van der Waals surface area contributed by atoms with Gasteiger partial charge in [-0.2, -0.15) is 0 Å². The molecule has 2 atom stereocenters. The molecule has 1 saturated heterocycles. The van der Waals surface area contributed by atoms with Gasteiger partial charge in [0, 0.05) is 30.9 Å². The molecule has 2 heteroatoms. The van der Waals surface area contributed by atoms with Crippen molar-refractivity contribution in [2.24, 2.45) is 5.92 Å². The van der Waals surface area contributed by atoms with Gasteiger partial charge in [0.1, 0.15) is 0 Å². The van der Waals surface area contributed by atoms with Crippen molar-refractivity contribution in [3.63, 3.8) is 0 Å². The van der Waals surface area contributed by atoms with Gasteiger partial charge in [-0.3, -0.25) is 0 Å². The van der Waals surface area contributed by atoms with Crippen LogP contribution in [0.4, 0.5) is 5.69 Å². The summed E-state index contributed by atoms with van der Waals surface area (Å²) < 4.78 is 0. The van der Waals surface area contributed by atoms with E-state index in [0.29, 0.717) is 18.0 Å². The summed E-state index contributed by atoms with van der Waals surface area (Å²) in [7, 11) is 0. The minimum Gasteiger partial charge on any atom is -0.366 e. The molecule has 1 fully saturated rings. The lowest BCUT2D eigenvalue weighted by Crippen LogP contribution is -2.58. The third-order valence-electron chi connectivity index (χ3n) is 4.79. The van der Waals surface area contributed by atoms with Gasteiger partial charge in [0.05, 0.1) is 0 Å². The Morgan fingerprint density at radius 2 is 1.81 bits per heavy atom. The Labute approximate surface area is 130 Å². The number of hydrogen-bond donors (Lipinski definition) is 1. The van der Waals surface area contributed by atoms with Crippen LogP contribution in [0.1, 0.15) is 53.5 Å². The van der Waals surface area contributed by atoms with Crippen molar-refractivity contribution in [3.05, 3.63) is 29.8 Å². The quantitative estimate of drug-likeness (QED) is 0.897. The number of hydrogen-bond acceptors (Lipinski definition) is 2. The number of nitrogens with one attached hydrogen (secondary N) is 1. The SMILES string of the molecule is CCC1CNC(C(C)C)CN1c1ccc(C(C)(C)C)cc1. The van der Waals surface area contributed by atoms with Gasteiger partial charge < -0.3 is 10.2 Å². The molecule has 0 saturated carbocycles. The first-order valence-corrected chi connectivity index (χ1v) is 8.43. The van der Waals surface area contributed by atoms with Crippen LogP contribution < -0.4 is 10.2 Å². The van der Waals surface area contributed by atoms with Crippen LogP contribution in [-0.2, 0) is 5.41 Å². The molecular weight excluding hydrogens is 256 g/mol.